The minimum atomic E-state index is -0.164. The largest absolute Gasteiger partial charge is 0.309 e. The van der Waals surface area contributed by atoms with Crippen LogP contribution in [0.4, 0.5) is 10.9 Å². The first-order chi connectivity index (χ1) is 14.5. The van der Waals surface area contributed by atoms with E-state index in [1.807, 2.05) is 24.3 Å². The maximum Gasteiger partial charge on any atom is 0.232 e. The number of carbonyl (C=O) groups excluding carboxylic acids is 2. The number of hydrogen-bond donors (Lipinski definition) is 2. The molecule has 2 amide bonds. The number of nitrogens with zero attached hydrogens (tertiary/aromatic N) is 5. The third kappa shape index (κ3) is 5.20. The molecule has 0 aliphatic heterocycles. The molecule has 1 fully saturated rings. The fourth-order valence-electron chi connectivity index (χ4n) is 3.40. The normalized spacial score (nSPS) is 17.8. The second-order valence-electron chi connectivity index (χ2n) is 7.32. The first-order valence-corrected chi connectivity index (χ1v) is 10.5. The summed E-state index contributed by atoms with van der Waals surface area (Å²) in [6, 6.07) is 9.15. The Labute approximate surface area is 177 Å². The van der Waals surface area contributed by atoms with Gasteiger partial charge in [-0.1, -0.05) is 17.4 Å². The number of pyridine rings is 1. The molecule has 9 nitrogen and oxygen atoms in total. The predicted molar refractivity (Wildman–Crippen MR) is 112 cm³/mol. The number of amides is 2. The van der Waals surface area contributed by atoms with Crippen molar-refractivity contribution in [2.75, 3.05) is 10.6 Å². The maximum absolute atomic E-state index is 12.1. The van der Waals surface area contributed by atoms with Gasteiger partial charge in [0.1, 0.15) is 5.01 Å². The number of hydrogen-bond acceptors (Lipinski definition) is 8. The Bertz CT molecular complexity index is 1020. The zero-order chi connectivity index (χ0) is 20.9. The molecule has 2 N–H and O–H groups in total. The number of aromatic nitrogens is 5. The van der Waals surface area contributed by atoms with Gasteiger partial charge in [-0.15, -0.1) is 15.3 Å². The molecule has 3 aromatic heterocycles. The highest BCUT2D eigenvalue weighted by atomic mass is 32.1. The number of carbonyl (C=O) groups is 2. The van der Waals surface area contributed by atoms with Crippen LogP contribution in [0.3, 0.4) is 0 Å². The van der Waals surface area contributed by atoms with Gasteiger partial charge in [-0.25, -0.2) is 0 Å². The first kappa shape index (κ1) is 20.0. The molecule has 10 heteroatoms. The molecule has 30 heavy (non-hydrogen) atoms. The summed E-state index contributed by atoms with van der Waals surface area (Å²) in [4.78, 5) is 27.3. The lowest BCUT2D eigenvalue weighted by molar-refractivity contribution is -0.116. The molecule has 3 aromatic rings. The summed E-state index contributed by atoms with van der Waals surface area (Å²) in [7, 11) is 0. The van der Waals surface area contributed by atoms with E-state index in [2.05, 4.69) is 36.0 Å². The average molecular weight is 424 g/mol. The molecule has 0 saturated heterocycles. The van der Waals surface area contributed by atoms with Gasteiger partial charge < -0.3 is 10.6 Å². The van der Waals surface area contributed by atoms with Crippen LogP contribution < -0.4 is 10.6 Å². The topological polar surface area (TPSA) is 123 Å². The highest BCUT2D eigenvalue weighted by molar-refractivity contribution is 7.15. The fraction of sp³-hybridized carbons (Fsp3) is 0.350. The molecule has 1 saturated carbocycles. The molecule has 0 aromatic carbocycles. The summed E-state index contributed by atoms with van der Waals surface area (Å²) < 4.78 is 0. The number of anilines is 2. The lowest BCUT2D eigenvalue weighted by Crippen LogP contribution is -2.24. The minimum Gasteiger partial charge on any atom is -0.309 e. The molecule has 0 spiro atoms. The van der Waals surface area contributed by atoms with E-state index in [1.54, 1.807) is 12.3 Å². The zero-order valence-corrected chi connectivity index (χ0v) is 17.2. The van der Waals surface area contributed by atoms with Crippen LogP contribution in [0.2, 0.25) is 0 Å². The average Bonchev–Trinajstić information content (AvgIpc) is 3.13. The van der Waals surface area contributed by atoms with E-state index in [0.29, 0.717) is 22.8 Å². The minimum absolute atomic E-state index is 0.149. The van der Waals surface area contributed by atoms with Gasteiger partial charge in [0, 0.05) is 24.7 Å². The van der Waals surface area contributed by atoms with Gasteiger partial charge in [0.05, 0.1) is 12.1 Å². The van der Waals surface area contributed by atoms with E-state index in [0.717, 1.165) is 35.7 Å². The monoisotopic (exact) mass is 423 g/mol. The van der Waals surface area contributed by atoms with Gasteiger partial charge >= 0.3 is 0 Å². The van der Waals surface area contributed by atoms with Crippen LogP contribution in [0, 0.1) is 5.92 Å². The van der Waals surface area contributed by atoms with Crippen LogP contribution in [0.15, 0.2) is 36.5 Å². The third-order valence-corrected chi connectivity index (χ3v) is 5.86. The van der Waals surface area contributed by atoms with Crippen molar-refractivity contribution in [3.63, 3.8) is 0 Å². The molecule has 0 radical (unpaired) electrons. The number of nitrogens with one attached hydrogen (secondary N) is 2. The van der Waals surface area contributed by atoms with Crippen molar-refractivity contribution < 1.29 is 9.59 Å². The second-order valence-corrected chi connectivity index (χ2v) is 8.33. The molecular formula is C20H21N7O2S. The molecule has 3 heterocycles. The maximum atomic E-state index is 12.1. The van der Waals surface area contributed by atoms with Gasteiger partial charge in [-0.3, -0.25) is 14.6 Å². The van der Waals surface area contributed by atoms with E-state index in [-0.39, 0.29) is 18.2 Å². The Morgan fingerprint density at radius 2 is 1.90 bits per heavy atom. The van der Waals surface area contributed by atoms with Crippen molar-refractivity contribution in [3.05, 3.63) is 52.9 Å². The van der Waals surface area contributed by atoms with Crippen LogP contribution in [-0.4, -0.2) is 37.2 Å². The van der Waals surface area contributed by atoms with Crippen LogP contribution >= 0.6 is 11.3 Å². The Morgan fingerprint density at radius 3 is 2.60 bits per heavy atom. The molecule has 1 aliphatic rings. The molecule has 154 valence electrons. The Morgan fingerprint density at radius 1 is 1.03 bits per heavy atom. The van der Waals surface area contributed by atoms with Crippen LogP contribution in [0.1, 0.15) is 42.1 Å². The Kier molecular flexibility index (Phi) is 6.03. The van der Waals surface area contributed by atoms with Crippen molar-refractivity contribution in [1.29, 1.82) is 0 Å². The predicted octanol–water partition coefficient (Wildman–Crippen LogP) is 2.60. The highest BCUT2D eigenvalue weighted by Gasteiger charge is 2.33. The van der Waals surface area contributed by atoms with Gasteiger partial charge in [0.25, 0.3) is 0 Å². The SMILES string of the molecule is CC(=O)Nc1ccc(CC2CC(c3nnc(NC(=O)Cc4ccccn4)s3)C2)nn1. The summed E-state index contributed by atoms with van der Waals surface area (Å²) in [5.74, 6) is 1.03. The van der Waals surface area contributed by atoms with Crippen LogP contribution in [0.25, 0.3) is 0 Å². The van der Waals surface area contributed by atoms with Gasteiger partial charge in [0.15, 0.2) is 5.82 Å². The second kappa shape index (κ2) is 9.04. The summed E-state index contributed by atoms with van der Waals surface area (Å²) in [5, 5.41) is 23.4. The number of rotatable bonds is 7. The summed E-state index contributed by atoms with van der Waals surface area (Å²) in [5.41, 5.74) is 1.63. The lowest BCUT2D eigenvalue weighted by atomic mass is 9.73. The third-order valence-electron chi connectivity index (χ3n) is 4.86. The van der Waals surface area contributed by atoms with E-state index >= 15 is 0 Å². The van der Waals surface area contributed by atoms with Crippen LogP contribution in [0.5, 0.6) is 0 Å². The van der Waals surface area contributed by atoms with Gasteiger partial charge in [-0.2, -0.15) is 5.10 Å². The summed E-state index contributed by atoms with van der Waals surface area (Å²) >= 11 is 1.43. The Hall–Kier alpha value is -3.27. The summed E-state index contributed by atoms with van der Waals surface area (Å²) in [6.45, 7) is 1.44. The Balaban J connectivity index is 1.24. The van der Waals surface area contributed by atoms with Crippen molar-refractivity contribution in [1.82, 2.24) is 25.4 Å². The van der Waals surface area contributed by atoms with E-state index in [4.69, 9.17) is 0 Å². The van der Waals surface area contributed by atoms with E-state index in [9.17, 15) is 9.59 Å². The highest BCUT2D eigenvalue weighted by Crippen LogP contribution is 2.44. The van der Waals surface area contributed by atoms with Crippen molar-refractivity contribution in [2.45, 2.75) is 38.5 Å². The first-order valence-electron chi connectivity index (χ1n) is 9.68. The van der Waals surface area contributed by atoms with Crippen molar-refractivity contribution in [2.24, 2.45) is 5.92 Å². The van der Waals surface area contributed by atoms with Crippen LogP contribution in [-0.2, 0) is 22.4 Å². The van der Waals surface area contributed by atoms with Crippen molar-refractivity contribution >= 4 is 34.1 Å². The van der Waals surface area contributed by atoms with Crippen molar-refractivity contribution in [3.8, 4) is 0 Å². The molecule has 4 rings (SSSR count). The summed E-state index contributed by atoms with van der Waals surface area (Å²) in [6.07, 6.45) is 4.73. The zero-order valence-electron chi connectivity index (χ0n) is 16.4. The smallest absolute Gasteiger partial charge is 0.232 e. The molecular weight excluding hydrogens is 402 g/mol. The quantitative estimate of drug-likeness (QED) is 0.599. The molecule has 0 atom stereocenters. The molecule has 1 aliphatic carbocycles. The van der Waals surface area contributed by atoms with Gasteiger partial charge in [0.2, 0.25) is 16.9 Å². The molecule has 0 bridgehead atoms. The lowest BCUT2D eigenvalue weighted by Gasteiger charge is -2.33. The van der Waals surface area contributed by atoms with E-state index < -0.39 is 0 Å². The standard InChI is InChI=1S/C20H21N7O2S/c1-12(28)22-17-6-5-16(24-25-17)10-13-8-14(9-13)19-26-27-20(30-19)23-18(29)11-15-4-2-3-7-21-15/h2-7,13-14H,8-11H2,1H3,(H,22,25,28)(H,23,27,29). The van der Waals surface area contributed by atoms with E-state index in [1.165, 1.54) is 18.3 Å². The fourth-order valence-corrected chi connectivity index (χ4v) is 4.28. The van der Waals surface area contributed by atoms with Gasteiger partial charge in [-0.05, 0) is 49.4 Å². The molecule has 0 unspecified atom stereocenters.